The molecule has 0 saturated carbocycles. The van der Waals surface area contributed by atoms with Crippen LogP contribution in [0.15, 0.2) is 5.38 Å². The lowest BCUT2D eigenvalue weighted by Gasteiger charge is -2.10. The molecule has 0 amide bonds. The highest BCUT2D eigenvalue weighted by molar-refractivity contribution is 7.09. The van der Waals surface area contributed by atoms with E-state index < -0.39 is 0 Å². The van der Waals surface area contributed by atoms with Gasteiger partial charge in [-0.25, -0.2) is 4.98 Å². The number of aromatic nitrogens is 1. The number of ether oxygens (including phenoxy) is 1. The van der Waals surface area contributed by atoms with Crippen molar-refractivity contribution in [3.63, 3.8) is 0 Å². The Bertz CT molecular complexity index is 288. The van der Waals surface area contributed by atoms with E-state index in [4.69, 9.17) is 4.74 Å². The average Bonchev–Trinajstić information content (AvgIpc) is 2.75. The first kappa shape index (κ1) is 13.6. The van der Waals surface area contributed by atoms with E-state index in [1.165, 1.54) is 0 Å². The normalized spacial score (nSPS) is 12.9. The minimum Gasteiger partial charge on any atom is -0.374 e. The highest BCUT2D eigenvalue weighted by atomic mass is 32.1. The first-order valence-electron chi connectivity index (χ1n) is 5.99. The zero-order valence-corrected chi connectivity index (χ0v) is 11.3. The summed E-state index contributed by atoms with van der Waals surface area (Å²) in [6.45, 7) is 6.26. The summed E-state index contributed by atoms with van der Waals surface area (Å²) in [5.41, 5.74) is 1.13. The maximum absolute atomic E-state index is 5.44. The van der Waals surface area contributed by atoms with Gasteiger partial charge in [0, 0.05) is 19.0 Å². The van der Waals surface area contributed by atoms with Crippen LogP contribution in [-0.4, -0.2) is 18.6 Å². The highest BCUT2D eigenvalue weighted by Gasteiger charge is 2.13. The number of methoxy groups -OCH3 is 1. The van der Waals surface area contributed by atoms with Crippen LogP contribution < -0.4 is 5.32 Å². The Labute approximate surface area is 102 Å². The molecule has 0 aliphatic rings. The molecule has 1 aromatic heterocycles. The predicted molar refractivity (Wildman–Crippen MR) is 68.8 cm³/mol. The molecule has 0 radical (unpaired) electrons. The smallest absolute Gasteiger partial charge is 0.122 e. The van der Waals surface area contributed by atoms with Gasteiger partial charge in [0.2, 0.25) is 0 Å². The van der Waals surface area contributed by atoms with E-state index in [1.54, 1.807) is 18.4 Å². The molecule has 0 fully saturated rings. The van der Waals surface area contributed by atoms with Crippen molar-refractivity contribution in [2.45, 2.75) is 45.8 Å². The summed E-state index contributed by atoms with van der Waals surface area (Å²) in [5.74, 6) is 0. The summed E-state index contributed by atoms with van der Waals surface area (Å²) in [5, 5.41) is 6.59. The monoisotopic (exact) mass is 242 g/mol. The molecule has 1 N–H and O–H groups in total. The Balaban J connectivity index is 2.48. The number of hydrogen-bond acceptors (Lipinski definition) is 4. The van der Waals surface area contributed by atoms with E-state index in [1.807, 2.05) is 0 Å². The molecule has 3 nitrogen and oxygen atoms in total. The van der Waals surface area contributed by atoms with Crippen molar-refractivity contribution >= 4 is 11.3 Å². The second kappa shape index (κ2) is 7.76. The lowest BCUT2D eigenvalue weighted by atomic mass is 10.2. The topological polar surface area (TPSA) is 34.1 Å². The summed E-state index contributed by atoms with van der Waals surface area (Å²) >= 11 is 1.70. The van der Waals surface area contributed by atoms with Gasteiger partial charge in [0.15, 0.2) is 0 Å². The lowest BCUT2D eigenvalue weighted by Crippen LogP contribution is -2.14. The quantitative estimate of drug-likeness (QED) is 0.711. The predicted octanol–water partition coefficient (Wildman–Crippen LogP) is 3.13. The number of rotatable bonds is 8. The number of hydrogen-bond donors (Lipinski definition) is 1. The fourth-order valence-corrected chi connectivity index (χ4v) is 2.48. The number of thiazole rings is 1. The van der Waals surface area contributed by atoms with E-state index in [2.05, 4.69) is 29.5 Å². The Morgan fingerprint density at radius 1 is 1.44 bits per heavy atom. The lowest BCUT2D eigenvalue weighted by molar-refractivity contribution is 0.0946. The minimum atomic E-state index is 0.176. The maximum Gasteiger partial charge on any atom is 0.122 e. The molecule has 16 heavy (non-hydrogen) atoms. The number of nitrogens with one attached hydrogen (secondary N) is 1. The van der Waals surface area contributed by atoms with Crippen molar-refractivity contribution in [3.05, 3.63) is 16.1 Å². The van der Waals surface area contributed by atoms with Gasteiger partial charge in [-0.05, 0) is 19.4 Å². The van der Waals surface area contributed by atoms with E-state index in [0.29, 0.717) is 0 Å². The van der Waals surface area contributed by atoms with Crippen molar-refractivity contribution in [2.75, 3.05) is 13.7 Å². The molecule has 1 atom stereocenters. The van der Waals surface area contributed by atoms with Crippen molar-refractivity contribution in [1.29, 1.82) is 0 Å². The summed E-state index contributed by atoms with van der Waals surface area (Å²) in [4.78, 5) is 4.60. The maximum atomic E-state index is 5.44. The molecule has 1 heterocycles. The third-order valence-electron chi connectivity index (χ3n) is 2.41. The second-order valence-corrected chi connectivity index (χ2v) is 4.76. The van der Waals surface area contributed by atoms with Crippen LogP contribution in [0.2, 0.25) is 0 Å². The standard InChI is InChI=1S/C12H22N2OS/c1-4-6-11(15-3)12-14-10(9-16-12)8-13-7-5-2/h9,11,13H,4-8H2,1-3H3. The molecule has 0 spiro atoms. The van der Waals surface area contributed by atoms with Crippen LogP contribution in [0.3, 0.4) is 0 Å². The van der Waals surface area contributed by atoms with Crippen LogP contribution in [0, 0.1) is 0 Å². The molecular formula is C12H22N2OS. The van der Waals surface area contributed by atoms with E-state index in [0.717, 1.165) is 43.1 Å². The molecule has 0 saturated heterocycles. The van der Waals surface area contributed by atoms with Crippen LogP contribution in [-0.2, 0) is 11.3 Å². The van der Waals surface area contributed by atoms with Gasteiger partial charge < -0.3 is 10.1 Å². The molecule has 1 aromatic rings. The summed E-state index contributed by atoms with van der Waals surface area (Å²) in [6.07, 6.45) is 3.51. The van der Waals surface area contributed by atoms with Crippen LogP contribution in [0.1, 0.15) is 49.9 Å². The van der Waals surface area contributed by atoms with Gasteiger partial charge in [0.05, 0.1) is 5.69 Å². The van der Waals surface area contributed by atoms with Gasteiger partial charge in [0.1, 0.15) is 11.1 Å². The van der Waals surface area contributed by atoms with Gasteiger partial charge in [-0.15, -0.1) is 11.3 Å². The van der Waals surface area contributed by atoms with Crippen LogP contribution in [0.25, 0.3) is 0 Å². The van der Waals surface area contributed by atoms with E-state index in [9.17, 15) is 0 Å². The van der Waals surface area contributed by atoms with Gasteiger partial charge in [-0.1, -0.05) is 20.3 Å². The largest absolute Gasteiger partial charge is 0.374 e. The summed E-state index contributed by atoms with van der Waals surface area (Å²) < 4.78 is 5.44. The van der Waals surface area contributed by atoms with Gasteiger partial charge in [-0.2, -0.15) is 0 Å². The zero-order valence-electron chi connectivity index (χ0n) is 10.5. The van der Waals surface area contributed by atoms with E-state index >= 15 is 0 Å². The van der Waals surface area contributed by atoms with Gasteiger partial charge >= 0.3 is 0 Å². The molecular weight excluding hydrogens is 220 g/mol. The molecule has 1 rings (SSSR count). The minimum absolute atomic E-state index is 0.176. The summed E-state index contributed by atoms with van der Waals surface area (Å²) in [6, 6.07) is 0. The molecule has 4 heteroatoms. The highest BCUT2D eigenvalue weighted by Crippen LogP contribution is 2.25. The van der Waals surface area contributed by atoms with Crippen LogP contribution in [0.4, 0.5) is 0 Å². The Kier molecular flexibility index (Phi) is 6.61. The Morgan fingerprint density at radius 2 is 2.25 bits per heavy atom. The second-order valence-electron chi connectivity index (χ2n) is 3.87. The zero-order chi connectivity index (χ0) is 11.8. The molecule has 0 aliphatic carbocycles. The SMILES string of the molecule is CCCNCc1csc(C(CCC)OC)n1. The van der Waals surface area contributed by atoms with Crippen LogP contribution >= 0.6 is 11.3 Å². The first-order valence-corrected chi connectivity index (χ1v) is 6.87. The summed E-state index contributed by atoms with van der Waals surface area (Å²) in [7, 11) is 1.76. The Hall–Kier alpha value is -0.450. The van der Waals surface area contributed by atoms with Gasteiger partial charge in [0.25, 0.3) is 0 Å². The van der Waals surface area contributed by atoms with E-state index in [-0.39, 0.29) is 6.10 Å². The fraction of sp³-hybridized carbons (Fsp3) is 0.750. The molecule has 0 aliphatic heterocycles. The van der Waals surface area contributed by atoms with Crippen molar-refractivity contribution in [1.82, 2.24) is 10.3 Å². The first-order chi connectivity index (χ1) is 7.81. The fourth-order valence-electron chi connectivity index (χ4n) is 1.55. The van der Waals surface area contributed by atoms with Crippen molar-refractivity contribution < 1.29 is 4.74 Å². The third kappa shape index (κ3) is 4.20. The Morgan fingerprint density at radius 3 is 2.88 bits per heavy atom. The molecule has 0 aromatic carbocycles. The molecule has 0 bridgehead atoms. The molecule has 1 unspecified atom stereocenters. The molecule has 92 valence electrons. The van der Waals surface area contributed by atoms with Crippen molar-refractivity contribution in [2.24, 2.45) is 0 Å². The third-order valence-corrected chi connectivity index (χ3v) is 3.40. The van der Waals surface area contributed by atoms with Gasteiger partial charge in [-0.3, -0.25) is 0 Å². The average molecular weight is 242 g/mol. The van der Waals surface area contributed by atoms with Crippen LogP contribution in [0.5, 0.6) is 0 Å². The number of nitrogens with zero attached hydrogens (tertiary/aromatic N) is 1. The van der Waals surface area contributed by atoms with Crippen molar-refractivity contribution in [3.8, 4) is 0 Å².